The molecule has 2 rings (SSSR count). The zero-order valence-electron chi connectivity index (χ0n) is 8.15. The zero-order chi connectivity index (χ0) is 9.68. The second-order valence-electron chi connectivity index (χ2n) is 2.45. The fourth-order valence-corrected chi connectivity index (χ4v) is 0.997. The second-order valence-corrected chi connectivity index (χ2v) is 2.45. The van der Waals surface area contributed by atoms with Gasteiger partial charge in [0.05, 0.1) is 5.52 Å². The summed E-state index contributed by atoms with van der Waals surface area (Å²) in [4.78, 5) is 4.07. The van der Waals surface area contributed by atoms with Crippen molar-refractivity contribution in [3.05, 3.63) is 30.1 Å². The molecule has 0 fully saturated rings. The lowest BCUT2D eigenvalue weighted by Crippen LogP contribution is -1.86. The summed E-state index contributed by atoms with van der Waals surface area (Å²) in [6, 6.07) is 5.91. The SMILES string of the molecule is CC.Cc1ccc2nncnc2c1. The molecule has 1 aromatic carbocycles. The van der Waals surface area contributed by atoms with Crippen molar-refractivity contribution >= 4 is 11.0 Å². The predicted molar refractivity (Wildman–Crippen MR) is 53.4 cm³/mol. The van der Waals surface area contributed by atoms with Crippen molar-refractivity contribution in [2.45, 2.75) is 20.8 Å². The highest BCUT2D eigenvalue weighted by Crippen LogP contribution is 2.08. The van der Waals surface area contributed by atoms with Gasteiger partial charge in [0.2, 0.25) is 0 Å². The molecule has 0 amide bonds. The Morgan fingerprint density at radius 1 is 1.08 bits per heavy atom. The van der Waals surface area contributed by atoms with E-state index in [1.165, 1.54) is 11.9 Å². The van der Waals surface area contributed by atoms with E-state index in [4.69, 9.17) is 0 Å². The molecule has 0 atom stereocenters. The minimum Gasteiger partial charge on any atom is -0.233 e. The molecule has 68 valence electrons. The Hall–Kier alpha value is -1.51. The van der Waals surface area contributed by atoms with Crippen LogP contribution in [-0.4, -0.2) is 15.2 Å². The zero-order valence-corrected chi connectivity index (χ0v) is 8.15. The Morgan fingerprint density at radius 2 is 1.85 bits per heavy atom. The molecule has 0 aliphatic rings. The first-order valence-corrected chi connectivity index (χ1v) is 4.40. The molecule has 0 N–H and O–H groups in total. The maximum Gasteiger partial charge on any atom is 0.138 e. The fourth-order valence-electron chi connectivity index (χ4n) is 0.997. The van der Waals surface area contributed by atoms with Gasteiger partial charge in [-0.05, 0) is 24.6 Å². The Labute approximate surface area is 77.8 Å². The van der Waals surface area contributed by atoms with Gasteiger partial charge in [-0.3, -0.25) is 0 Å². The summed E-state index contributed by atoms with van der Waals surface area (Å²) in [5, 5.41) is 7.59. The normalized spacial score (nSPS) is 9.15. The molecule has 0 saturated carbocycles. The third-order valence-electron chi connectivity index (χ3n) is 1.54. The van der Waals surface area contributed by atoms with E-state index in [1.807, 2.05) is 39.0 Å². The minimum atomic E-state index is 0.845. The third-order valence-corrected chi connectivity index (χ3v) is 1.54. The molecule has 0 bridgehead atoms. The highest BCUT2D eigenvalue weighted by Gasteiger charge is 1.93. The molecule has 0 aliphatic heterocycles. The number of nitrogens with zero attached hydrogens (tertiary/aromatic N) is 3. The van der Waals surface area contributed by atoms with Crippen LogP contribution in [0.1, 0.15) is 19.4 Å². The summed E-state index contributed by atoms with van der Waals surface area (Å²) < 4.78 is 0. The Balaban J connectivity index is 0.000000396. The number of benzene rings is 1. The lowest BCUT2D eigenvalue weighted by atomic mass is 10.2. The van der Waals surface area contributed by atoms with Gasteiger partial charge in [0.1, 0.15) is 11.8 Å². The van der Waals surface area contributed by atoms with E-state index in [-0.39, 0.29) is 0 Å². The molecule has 0 unspecified atom stereocenters. The van der Waals surface area contributed by atoms with Crippen molar-refractivity contribution in [1.29, 1.82) is 0 Å². The van der Waals surface area contributed by atoms with Crippen LogP contribution in [0.3, 0.4) is 0 Å². The quantitative estimate of drug-likeness (QED) is 0.617. The van der Waals surface area contributed by atoms with Crippen LogP contribution < -0.4 is 0 Å². The number of hydrogen-bond donors (Lipinski definition) is 0. The second kappa shape index (κ2) is 4.50. The van der Waals surface area contributed by atoms with Crippen LogP contribution in [0.2, 0.25) is 0 Å². The number of hydrogen-bond acceptors (Lipinski definition) is 3. The van der Waals surface area contributed by atoms with Crippen LogP contribution in [0.5, 0.6) is 0 Å². The van der Waals surface area contributed by atoms with E-state index in [9.17, 15) is 0 Å². The van der Waals surface area contributed by atoms with Gasteiger partial charge in [-0.1, -0.05) is 19.9 Å². The monoisotopic (exact) mass is 175 g/mol. The molecule has 1 heterocycles. The average Bonchev–Trinajstić information content (AvgIpc) is 2.21. The minimum absolute atomic E-state index is 0.845. The van der Waals surface area contributed by atoms with Crippen LogP contribution >= 0.6 is 0 Å². The van der Waals surface area contributed by atoms with Gasteiger partial charge in [-0.15, -0.1) is 10.2 Å². The molecule has 0 aliphatic carbocycles. The Bertz CT molecular complexity index is 385. The van der Waals surface area contributed by atoms with E-state index in [0.717, 1.165) is 11.0 Å². The largest absolute Gasteiger partial charge is 0.233 e. The van der Waals surface area contributed by atoms with Crippen molar-refractivity contribution in [2.24, 2.45) is 0 Å². The van der Waals surface area contributed by atoms with Crippen molar-refractivity contribution in [1.82, 2.24) is 15.2 Å². The molecule has 0 saturated heterocycles. The summed E-state index contributed by atoms with van der Waals surface area (Å²) in [5.74, 6) is 0. The predicted octanol–water partition coefficient (Wildman–Crippen LogP) is 2.36. The third kappa shape index (κ3) is 2.21. The summed E-state index contributed by atoms with van der Waals surface area (Å²) in [6.07, 6.45) is 1.46. The summed E-state index contributed by atoms with van der Waals surface area (Å²) in [5.41, 5.74) is 2.94. The van der Waals surface area contributed by atoms with E-state index in [2.05, 4.69) is 15.2 Å². The average molecular weight is 175 g/mol. The smallest absolute Gasteiger partial charge is 0.138 e. The lowest BCUT2D eigenvalue weighted by molar-refractivity contribution is 1.02. The standard InChI is InChI=1S/C8H7N3.C2H6/c1-6-2-3-7-8(4-6)9-5-10-11-7;1-2/h2-5H,1H3;1-2H3. The van der Waals surface area contributed by atoms with Crippen LogP contribution in [0.4, 0.5) is 0 Å². The van der Waals surface area contributed by atoms with Gasteiger partial charge in [0, 0.05) is 0 Å². The molecular formula is C10H13N3. The Morgan fingerprint density at radius 3 is 2.62 bits per heavy atom. The van der Waals surface area contributed by atoms with Gasteiger partial charge in [-0.2, -0.15) is 0 Å². The molecule has 2 aromatic rings. The highest BCUT2D eigenvalue weighted by molar-refractivity contribution is 5.73. The van der Waals surface area contributed by atoms with Gasteiger partial charge in [0.25, 0.3) is 0 Å². The molecule has 13 heavy (non-hydrogen) atoms. The molecule has 3 nitrogen and oxygen atoms in total. The molecule has 3 heteroatoms. The number of aryl methyl sites for hydroxylation is 1. The van der Waals surface area contributed by atoms with Crippen LogP contribution in [0, 0.1) is 6.92 Å². The number of aromatic nitrogens is 3. The maximum absolute atomic E-state index is 4.07. The van der Waals surface area contributed by atoms with Crippen LogP contribution in [0.25, 0.3) is 11.0 Å². The van der Waals surface area contributed by atoms with E-state index < -0.39 is 0 Å². The lowest BCUT2D eigenvalue weighted by Gasteiger charge is -1.94. The molecular weight excluding hydrogens is 162 g/mol. The molecule has 1 aromatic heterocycles. The highest BCUT2D eigenvalue weighted by atomic mass is 15.1. The van der Waals surface area contributed by atoms with Gasteiger partial charge >= 0.3 is 0 Å². The van der Waals surface area contributed by atoms with Gasteiger partial charge in [0.15, 0.2) is 0 Å². The van der Waals surface area contributed by atoms with Gasteiger partial charge in [-0.25, -0.2) is 4.98 Å². The van der Waals surface area contributed by atoms with Crippen LogP contribution in [-0.2, 0) is 0 Å². The van der Waals surface area contributed by atoms with Crippen molar-refractivity contribution in [3.63, 3.8) is 0 Å². The fraction of sp³-hybridized carbons (Fsp3) is 0.300. The first-order valence-electron chi connectivity index (χ1n) is 4.40. The first kappa shape index (κ1) is 9.58. The van der Waals surface area contributed by atoms with Crippen LogP contribution in [0.15, 0.2) is 24.5 Å². The number of rotatable bonds is 0. The first-order chi connectivity index (χ1) is 6.36. The topological polar surface area (TPSA) is 38.7 Å². The van der Waals surface area contributed by atoms with Crippen molar-refractivity contribution < 1.29 is 0 Å². The van der Waals surface area contributed by atoms with Gasteiger partial charge < -0.3 is 0 Å². The maximum atomic E-state index is 4.07. The van der Waals surface area contributed by atoms with E-state index in [0.29, 0.717) is 0 Å². The summed E-state index contributed by atoms with van der Waals surface area (Å²) >= 11 is 0. The molecule has 0 radical (unpaired) electrons. The summed E-state index contributed by atoms with van der Waals surface area (Å²) in [6.45, 7) is 6.03. The molecule has 0 spiro atoms. The van der Waals surface area contributed by atoms with Crippen molar-refractivity contribution in [2.75, 3.05) is 0 Å². The van der Waals surface area contributed by atoms with E-state index in [1.54, 1.807) is 0 Å². The Kier molecular flexibility index (Phi) is 3.31. The van der Waals surface area contributed by atoms with Crippen molar-refractivity contribution in [3.8, 4) is 0 Å². The number of fused-ring (bicyclic) bond motifs is 1. The van der Waals surface area contributed by atoms with E-state index >= 15 is 0 Å². The summed E-state index contributed by atoms with van der Waals surface area (Å²) in [7, 11) is 0.